The maximum Gasteiger partial charge on any atom is 0.419 e. The molecule has 1 heterocycles. The first kappa shape index (κ1) is 14.9. The van der Waals surface area contributed by atoms with E-state index in [4.69, 9.17) is 0 Å². The van der Waals surface area contributed by atoms with E-state index in [0.29, 0.717) is 12.1 Å². The summed E-state index contributed by atoms with van der Waals surface area (Å²) < 4.78 is 38.5. The number of hydrogen-bond donors (Lipinski definition) is 1. The molecule has 0 saturated heterocycles. The first-order valence-electron chi connectivity index (χ1n) is 7.12. The van der Waals surface area contributed by atoms with E-state index in [2.05, 4.69) is 17.0 Å². The Hall–Kier alpha value is -2.01. The fourth-order valence-corrected chi connectivity index (χ4v) is 2.86. The van der Waals surface area contributed by atoms with Crippen LogP contribution in [0.4, 0.5) is 13.2 Å². The van der Waals surface area contributed by atoms with Crippen molar-refractivity contribution in [2.45, 2.75) is 25.7 Å². The summed E-state index contributed by atoms with van der Waals surface area (Å²) in [4.78, 5) is 2.12. The van der Waals surface area contributed by atoms with Crippen LogP contribution in [0.2, 0.25) is 0 Å². The third-order valence-electron chi connectivity index (χ3n) is 3.98. The van der Waals surface area contributed by atoms with E-state index in [1.54, 1.807) is 6.07 Å². The molecule has 5 heteroatoms. The number of aromatic hydroxyl groups is 1. The van der Waals surface area contributed by atoms with E-state index in [-0.39, 0.29) is 0 Å². The number of phenols is 1. The second-order valence-corrected chi connectivity index (χ2v) is 5.58. The maximum atomic E-state index is 12.8. The van der Waals surface area contributed by atoms with Crippen molar-refractivity contribution in [2.24, 2.45) is 0 Å². The second kappa shape index (κ2) is 5.65. The molecule has 0 aromatic heterocycles. The molecule has 22 heavy (non-hydrogen) atoms. The molecule has 0 spiro atoms. The van der Waals surface area contributed by atoms with Crippen LogP contribution < -0.4 is 0 Å². The number of phenolic OH excluding ortho intramolecular Hbond substituents is 1. The number of halogens is 3. The van der Waals surface area contributed by atoms with Crippen LogP contribution in [0.1, 0.15) is 22.3 Å². The Morgan fingerprint density at radius 3 is 2.50 bits per heavy atom. The normalized spacial score (nSPS) is 15.6. The highest BCUT2D eigenvalue weighted by Crippen LogP contribution is 2.36. The summed E-state index contributed by atoms with van der Waals surface area (Å²) in [6.07, 6.45) is -3.63. The molecular formula is C17H16F3NO. The Kier molecular flexibility index (Phi) is 3.83. The average molecular weight is 307 g/mol. The van der Waals surface area contributed by atoms with Crippen molar-refractivity contribution in [1.29, 1.82) is 0 Å². The first-order chi connectivity index (χ1) is 10.4. The Balaban J connectivity index is 1.77. The predicted molar refractivity (Wildman–Crippen MR) is 77.4 cm³/mol. The minimum Gasteiger partial charge on any atom is -0.507 e. The van der Waals surface area contributed by atoms with Gasteiger partial charge in [-0.15, -0.1) is 0 Å². The van der Waals surface area contributed by atoms with Gasteiger partial charge in [-0.05, 0) is 35.2 Å². The number of benzene rings is 2. The van der Waals surface area contributed by atoms with Crippen LogP contribution in [0, 0.1) is 0 Å². The van der Waals surface area contributed by atoms with E-state index < -0.39 is 17.5 Å². The minimum atomic E-state index is -4.53. The van der Waals surface area contributed by atoms with Crippen molar-refractivity contribution in [2.75, 3.05) is 6.54 Å². The molecular weight excluding hydrogens is 291 g/mol. The zero-order chi connectivity index (χ0) is 15.7. The van der Waals surface area contributed by atoms with Crippen LogP contribution in [0.5, 0.6) is 5.75 Å². The van der Waals surface area contributed by atoms with Gasteiger partial charge in [-0.1, -0.05) is 30.3 Å². The molecule has 0 unspecified atom stereocenters. The molecule has 0 atom stereocenters. The Bertz CT molecular complexity index is 682. The van der Waals surface area contributed by atoms with Gasteiger partial charge in [0.2, 0.25) is 0 Å². The highest BCUT2D eigenvalue weighted by molar-refractivity contribution is 5.38. The molecule has 2 nitrogen and oxygen atoms in total. The van der Waals surface area contributed by atoms with E-state index in [1.165, 1.54) is 11.1 Å². The average Bonchev–Trinajstić information content (AvgIpc) is 2.48. The van der Waals surface area contributed by atoms with Crippen molar-refractivity contribution < 1.29 is 18.3 Å². The van der Waals surface area contributed by atoms with E-state index in [9.17, 15) is 18.3 Å². The van der Waals surface area contributed by atoms with Crippen LogP contribution in [0.25, 0.3) is 0 Å². The lowest BCUT2D eigenvalue weighted by Gasteiger charge is -2.29. The van der Waals surface area contributed by atoms with Crippen molar-refractivity contribution in [1.82, 2.24) is 4.90 Å². The summed E-state index contributed by atoms with van der Waals surface area (Å²) in [6.45, 7) is 2.00. The third-order valence-corrected chi connectivity index (χ3v) is 3.98. The second-order valence-electron chi connectivity index (χ2n) is 5.58. The van der Waals surface area contributed by atoms with Gasteiger partial charge >= 0.3 is 6.18 Å². The molecule has 0 saturated carbocycles. The van der Waals surface area contributed by atoms with Crippen molar-refractivity contribution in [3.8, 4) is 5.75 Å². The number of fused-ring (bicyclic) bond motifs is 1. The zero-order valence-electron chi connectivity index (χ0n) is 11.9. The monoisotopic (exact) mass is 307 g/mol. The fourth-order valence-electron chi connectivity index (χ4n) is 2.86. The van der Waals surface area contributed by atoms with Crippen LogP contribution in [0.15, 0.2) is 42.5 Å². The molecule has 0 radical (unpaired) electrons. The Morgan fingerprint density at radius 2 is 1.77 bits per heavy atom. The summed E-state index contributed by atoms with van der Waals surface area (Å²) in [6, 6.07) is 11.8. The van der Waals surface area contributed by atoms with Gasteiger partial charge in [0.25, 0.3) is 0 Å². The molecule has 1 aliphatic rings. The van der Waals surface area contributed by atoms with Crippen LogP contribution in [-0.2, 0) is 25.7 Å². The predicted octanol–water partition coefficient (Wildman–Crippen LogP) is 3.97. The van der Waals surface area contributed by atoms with Gasteiger partial charge in [-0.2, -0.15) is 13.2 Å². The molecule has 116 valence electrons. The smallest absolute Gasteiger partial charge is 0.419 e. The molecule has 3 rings (SSSR count). The van der Waals surface area contributed by atoms with Gasteiger partial charge in [0.05, 0.1) is 5.56 Å². The molecule has 0 fully saturated rings. The van der Waals surface area contributed by atoms with E-state index >= 15 is 0 Å². The molecule has 0 amide bonds. The fraction of sp³-hybridized carbons (Fsp3) is 0.294. The number of nitrogens with zero attached hydrogens (tertiary/aromatic N) is 1. The van der Waals surface area contributed by atoms with E-state index in [0.717, 1.165) is 31.6 Å². The first-order valence-corrected chi connectivity index (χ1v) is 7.12. The zero-order valence-corrected chi connectivity index (χ0v) is 11.9. The minimum absolute atomic E-state index is 0.442. The summed E-state index contributed by atoms with van der Waals surface area (Å²) in [5, 5.41) is 9.37. The SMILES string of the molecule is Oc1ccc(CN2CCc3ccccc3C2)cc1C(F)(F)F. The lowest BCUT2D eigenvalue weighted by molar-refractivity contribution is -0.138. The summed E-state index contributed by atoms with van der Waals surface area (Å²) in [7, 11) is 0. The highest BCUT2D eigenvalue weighted by atomic mass is 19.4. The molecule has 2 aromatic rings. The molecule has 0 aliphatic carbocycles. The summed E-state index contributed by atoms with van der Waals surface area (Å²) in [5.74, 6) is -0.722. The van der Waals surface area contributed by atoms with Crippen molar-refractivity contribution in [3.05, 3.63) is 64.7 Å². The number of hydrogen-bond acceptors (Lipinski definition) is 2. The molecule has 1 aliphatic heterocycles. The van der Waals surface area contributed by atoms with Gasteiger partial charge in [-0.3, -0.25) is 4.90 Å². The largest absolute Gasteiger partial charge is 0.507 e. The maximum absolute atomic E-state index is 12.8. The van der Waals surface area contributed by atoms with Crippen molar-refractivity contribution in [3.63, 3.8) is 0 Å². The Morgan fingerprint density at radius 1 is 1.05 bits per heavy atom. The Labute approximate surface area is 126 Å². The number of alkyl halides is 3. The summed E-state index contributed by atoms with van der Waals surface area (Å²) >= 11 is 0. The topological polar surface area (TPSA) is 23.5 Å². The quantitative estimate of drug-likeness (QED) is 0.907. The number of rotatable bonds is 2. The van der Waals surface area contributed by atoms with E-state index in [1.807, 2.05) is 12.1 Å². The molecule has 0 bridgehead atoms. The molecule has 2 aromatic carbocycles. The van der Waals surface area contributed by atoms with Gasteiger partial charge in [0.1, 0.15) is 5.75 Å². The third kappa shape index (κ3) is 3.09. The van der Waals surface area contributed by atoms with Crippen LogP contribution in [-0.4, -0.2) is 16.6 Å². The van der Waals surface area contributed by atoms with Crippen LogP contribution >= 0.6 is 0 Å². The van der Waals surface area contributed by atoms with Gasteiger partial charge < -0.3 is 5.11 Å². The van der Waals surface area contributed by atoms with Gasteiger partial charge in [-0.25, -0.2) is 0 Å². The lowest BCUT2D eigenvalue weighted by atomic mass is 9.99. The van der Waals surface area contributed by atoms with Gasteiger partial charge in [0, 0.05) is 19.6 Å². The summed E-state index contributed by atoms with van der Waals surface area (Å²) in [5.41, 5.74) is 2.12. The molecule has 1 N–H and O–H groups in total. The highest BCUT2D eigenvalue weighted by Gasteiger charge is 2.34. The van der Waals surface area contributed by atoms with Gasteiger partial charge in [0.15, 0.2) is 0 Å². The standard InChI is InChI=1S/C17H16F3NO/c18-17(19,20)15-9-12(5-6-16(15)22)10-21-8-7-13-3-1-2-4-14(13)11-21/h1-6,9,22H,7-8,10-11H2. The van der Waals surface area contributed by atoms with Crippen molar-refractivity contribution >= 4 is 0 Å². The van der Waals surface area contributed by atoms with Crippen LogP contribution in [0.3, 0.4) is 0 Å². The lowest BCUT2D eigenvalue weighted by Crippen LogP contribution is -2.30.